The third-order valence-electron chi connectivity index (χ3n) is 6.18. The van der Waals surface area contributed by atoms with E-state index in [4.69, 9.17) is 5.10 Å². The Bertz CT molecular complexity index is 863. The van der Waals surface area contributed by atoms with Crippen LogP contribution in [0.2, 0.25) is 0 Å². The first-order chi connectivity index (χ1) is 13.2. The van der Waals surface area contributed by atoms with Crippen LogP contribution in [0.4, 0.5) is 0 Å². The summed E-state index contributed by atoms with van der Waals surface area (Å²) in [6.45, 7) is 3.84. The van der Waals surface area contributed by atoms with Gasteiger partial charge in [-0.15, -0.1) is 10.2 Å². The second kappa shape index (κ2) is 7.43. The van der Waals surface area contributed by atoms with Crippen LogP contribution < -0.4 is 5.56 Å². The van der Waals surface area contributed by atoms with Crippen molar-refractivity contribution in [2.75, 3.05) is 13.1 Å². The molecule has 2 aliphatic carbocycles. The van der Waals surface area contributed by atoms with Crippen molar-refractivity contribution in [2.45, 2.75) is 70.4 Å². The second-order valence-corrected chi connectivity index (χ2v) is 9.47. The first-order valence-corrected chi connectivity index (χ1v) is 11.2. The maximum Gasteiger partial charge on any atom is 0.267 e. The Morgan fingerprint density at radius 3 is 2.70 bits per heavy atom. The molecule has 1 aliphatic heterocycles. The quantitative estimate of drug-likeness (QED) is 0.792. The first kappa shape index (κ1) is 17.5. The van der Waals surface area contributed by atoms with E-state index in [0.29, 0.717) is 11.8 Å². The molecule has 0 aromatic carbocycles. The molecule has 0 radical (unpaired) electrons. The summed E-state index contributed by atoms with van der Waals surface area (Å²) < 4.78 is 1.73. The van der Waals surface area contributed by atoms with E-state index in [1.165, 1.54) is 36.3 Å². The number of fused-ring (bicyclic) bond motifs is 1. The fraction of sp³-hybridized carbons (Fsp3) is 0.700. The lowest BCUT2D eigenvalue weighted by Gasteiger charge is -2.31. The van der Waals surface area contributed by atoms with Gasteiger partial charge < -0.3 is 0 Å². The Hall–Kier alpha value is -1.60. The van der Waals surface area contributed by atoms with Gasteiger partial charge in [0.2, 0.25) is 0 Å². The molecule has 6 nitrogen and oxygen atoms in total. The fourth-order valence-corrected chi connectivity index (χ4v) is 5.37. The summed E-state index contributed by atoms with van der Waals surface area (Å²) in [7, 11) is 0. The molecule has 3 heterocycles. The van der Waals surface area contributed by atoms with E-state index in [-0.39, 0.29) is 5.56 Å². The van der Waals surface area contributed by atoms with Gasteiger partial charge in [0.25, 0.3) is 5.56 Å². The zero-order chi connectivity index (χ0) is 18.2. The van der Waals surface area contributed by atoms with Crippen LogP contribution in [0.1, 0.15) is 65.7 Å². The predicted molar refractivity (Wildman–Crippen MR) is 105 cm³/mol. The molecule has 2 fully saturated rings. The third kappa shape index (κ3) is 3.99. The van der Waals surface area contributed by atoms with Gasteiger partial charge in [0.15, 0.2) is 0 Å². The highest BCUT2D eigenvalue weighted by Gasteiger charge is 2.28. The van der Waals surface area contributed by atoms with E-state index in [0.717, 1.165) is 62.6 Å². The molecule has 0 bridgehead atoms. The van der Waals surface area contributed by atoms with Crippen LogP contribution in [0.15, 0.2) is 10.9 Å². The predicted octanol–water partition coefficient (Wildman–Crippen LogP) is 2.76. The highest BCUT2D eigenvalue weighted by molar-refractivity contribution is 7.11. The molecule has 3 aliphatic rings. The van der Waals surface area contributed by atoms with Crippen molar-refractivity contribution in [1.29, 1.82) is 0 Å². The van der Waals surface area contributed by atoms with Crippen molar-refractivity contribution >= 4 is 11.3 Å². The average molecular weight is 386 g/mol. The van der Waals surface area contributed by atoms with Crippen molar-refractivity contribution in [1.82, 2.24) is 24.9 Å². The highest BCUT2D eigenvalue weighted by Crippen LogP contribution is 2.41. The Morgan fingerprint density at radius 1 is 1.07 bits per heavy atom. The van der Waals surface area contributed by atoms with Crippen LogP contribution >= 0.6 is 11.3 Å². The number of piperidine rings is 1. The monoisotopic (exact) mass is 385 g/mol. The topological polar surface area (TPSA) is 63.9 Å². The van der Waals surface area contributed by atoms with Crippen LogP contribution in [0.25, 0.3) is 0 Å². The molecule has 2 aromatic rings. The van der Waals surface area contributed by atoms with Crippen LogP contribution in [0, 0.1) is 5.92 Å². The van der Waals surface area contributed by atoms with Gasteiger partial charge in [-0.2, -0.15) is 5.10 Å². The minimum Gasteiger partial charge on any atom is -0.297 e. The molecule has 0 atom stereocenters. The summed E-state index contributed by atoms with van der Waals surface area (Å²) >= 11 is 1.80. The zero-order valence-corrected chi connectivity index (χ0v) is 16.6. The van der Waals surface area contributed by atoms with Gasteiger partial charge in [-0.25, -0.2) is 4.68 Å². The SMILES string of the molecule is O=c1cc2c(nn1CC1CCN(Cc3nnc(C4CC4)s3)CC1)CCCC2. The molecule has 0 N–H and O–H groups in total. The summed E-state index contributed by atoms with van der Waals surface area (Å²) in [6, 6.07) is 1.84. The van der Waals surface area contributed by atoms with Gasteiger partial charge in [-0.05, 0) is 75.9 Å². The van der Waals surface area contributed by atoms with E-state index >= 15 is 0 Å². The lowest BCUT2D eigenvalue weighted by molar-refractivity contribution is 0.163. The summed E-state index contributed by atoms with van der Waals surface area (Å²) in [5.41, 5.74) is 2.42. The lowest BCUT2D eigenvalue weighted by atomic mass is 9.96. The van der Waals surface area contributed by atoms with Gasteiger partial charge >= 0.3 is 0 Å². The van der Waals surface area contributed by atoms with Crippen molar-refractivity contribution < 1.29 is 0 Å². The van der Waals surface area contributed by atoms with E-state index in [9.17, 15) is 4.79 Å². The van der Waals surface area contributed by atoms with Gasteiger partial charge in [0.1, 0.15) is 10.0 Å². The van der Waals surface area contributed by atoms with E-state index in [2.05, 4.69) is 15.1 Å². The van der Waals surface area contributed by atoms with Crippen LogP contribution in [-0.2, 0) is 25.9 Å². The molecule has 27 heavy (non-hydrogen) atoms. The molecule has 0 unspecified atom stereocenters. The number of aryl methyl sites for hydroxylation is 2. The number of aromatic nitrogens is 4. The Morgan fingerprint density at radius 2 is 1.89 bits per heavy atom. The lowest BCUT2D eigenvalue weighted by Crippen LogP contribution is -2.37. The summed E-state index contributed by atoms with van der Waals surface area (Å²) in [6.07, 6.45) is 9.26. The fourth-order valence-electron chi connectivity index (χ4n) is 4.32. The summed E-state index contributed by atoms with van der Waals surface area (Å²) in [5, 5.41) is 15.8. The number of likely N-dealkylation sites (tertiary alicyclic amines) is 1. The minimum absolute atomic E-state index is 0.0829. The number of hydrogen-bond donors (Lipinski definition) is 0. The van der Waals surface area contributed by atoms with Crippen molar-refractivity contribution in [3.63, 3.8) is 0 Å². The van der Waals surface area contributed by atoms with Gasteiger partial charge in [-0.1, -0.05) is 11.3 Å². The molecule has 1 saturated heterocycles. The van der Waals surface area contributed by atoms with E-state index < -0.39 is 0 Å². The summed E-state index contributed by atoms with van der Waals surface area (Å²) in [4.78, 5) is 14.9. The van der Waals surface area contributed by atoms with E-state index in [1.807, 2.05) is 6.07 Å². The first-order valence-electron chi connectivity index (χ1n) is 10.4. The van der Waals surface area contributed by atoms with Crippen LogP contribution in [0.5, 0.6) is 0 Å². The van der Waals surface area contributed by atoms with Crippen LogP contribution in [0.3, 0.4) is 0 Å². The average Bonchev–Trinajstić information content (AvgIpc) is 3.43. The van der Waals surface area contributed by atoms with Crippen molar-refractivity contribution in [3.05, 3.63) is 37.7 Å². The standard InChI is InChI=1S/C20H27N5OS/c26-19-11-16-3-1-2-4-17(16)23-25(19)12-14-7-9-24(10-8-14)13-18-21-22-20(27-18)15-5-6-15/h11,14-15H,1-10,12-13H2. The Labute approximate surface area is 163 Å². The van der Waals surface area contributed by atoms with Gasteiger partial charge in [0, 0.05) is 18.5 Å². The maximum atomic E-state index is 12.4. The minimum atomic E-state index is 0.0829. The highest BCUT2D eigenvalue weighted by atomic mass is 32.1. The second-order valence-electron chi connectivity index (χ2n) is 8.37. The van der Waals surface area contributed by atoms with E-state index in [1.54, 1.807) is 16.0 Å². The Kier molecular flexibility index (Phi) is 4.82. The molecule has 5 rings (SSSR count). The number of hydrogen-bond acceptors (Lipinski definition) is 6. The molecule has 7 heteroatoms. The molecule has 144 valence electrons. The Balaban J connectivity index is 1.16. The summed E-state index contributed by atoms with van der Waals surface area (Å²) in [5.74, 6) is 1.24. The molecular weight excluding hydrogens is 358 g/mol. The third-order valence-corrected chi connectivity index (χ3v) is 7.25. The molecule has 0 amide bonds. The van der Waals surface area contributed by atoms with Crippen LogP contribution in [-0.4, -0.2) is 38.0 Å². The molecular formula is C20H27N5OS. The van der Waals surface area contributed by atoms with Gasteiger partial charge in [-0.3, -0.25) is 9.69 Å². The largest absolute Gasteiger partial charge is 0.297 e. The zero-order valence-electron chi connectivity index (χ0n) is 15.8. The smallest absolute Gasteiger partial charge is 0.267 e. The molecule has 1 saturated carbocycles. The maximum absolute atomic E-state index is 12.4. The molecule has 2 aromatic heterocycles. The van der Waals surface area contributed by atoms with Crippen molar-refractivity contribution in [2.24, 2.45) is 5.92 Å². The number of rotatable bonds is 5. The molecule has 0 spiro atoms. The van der Waals surface area contributed by atoms with Gasteiger partial charge in [0.05, 0.1) is 12.2 Å². The normalized spacial score (nSPS) is 21.3. The number of nitrogens with zero attached hydrogens (tertiary/aromatic N) is 5. The van der Waals surface area contributed by atoms with Crippen molar-refractivity contribution in [3.8, 4) is 0 Å².